The summed E-state index contributed by atoms with van der Waals surface area (Å²) >= 11 is 0. The standard InChI is InChI=1S/C25H36N6O7/c1-3-13(2)21(24(36)30-19(12-32)25(37)38)31-23(35)18(29-22(34)16(26)8-9-20(27)33)10-14-11-28-17-7-5-4-6-15(14)17/h4-7,11,13,16,18-19,21,28,32H,3,8-10,12,26H2,1-2H3,(H2,27,33)(H,29,34)(H,30,36)(H,31,35)(H,37,38). The topological polar surface area (TPSA) is 230 Å². The number of hydrogen-bond acceptors (Lipinski definition) is 7. The third-order valence-electron chi connectivity index (χ3n) is 6.36. The van der Waals surface area contributed by atoms with Crippen LogP contribution in [0, 0.1) is 5.92 Å². The number of carboxylic acid groups (broad SMARTS) is 1. The van der Waals surface area contributed by atoms with Crippen molar-refractivity contribution >= 4 is 40.5 Å². The second-order valence-corrected chi connectivity index (χ2v) is 9.19. The van der Waals surface area contributed by atoms with Crippen LogP contribution >= 0.6 is 0 Å². The Bertz CT molecular complexity index is 1150. The van der Waals surface area contributed by atoms with Gasteiger partial charge in [-0.2, -0.15) is 0 Å². The van der Waals surface area contributed by atoms with Crippen LogP contribution in [0.5, 0.6) is 0 Å². The zero-order valence-electron chi connectivity index (χ0n) is 21.4. The second kappa shape index (κ2) is 14.1. The molecule has 0 aliphatic carbocycles. The van der Waals surface area contributed by atoms with E-state index in [0.717, 1.165) is 16.5 Å². The maximum atomic E-state index is 13.5. The summed E-state index contributed by atoms with van der Waals surface area (Å²) in [5, 5.41) is 26.7. The Morgan fingerprint density at radius 1 is 1.00 bits per heavy atom. The molecule has 1 aromatic heterocycles. The van der Waals surface area contributed by atoms with E-state index in [1.807, 2.05) is 24.3 Å². The lowest BCUT2D eigenvalue weighted by molar-refractivity contribution is -0.143. The minimum Gasteiger partial charge on any atom is -0.480 e. The van der Waals surface area contributed by atoms with Crippen LogP contribution in [0.2, 0.25) is 0 Å². The summed E-state index contributed by atoms with van der Waals surface area (Å²) < 4.78 is 0. The zero-order valence-corrected chi connectivity index (χ0v) is 21.4. The van der Waals surface area contributed by atoms with Gasteiger partial charge >= 0.3 is 5.97 Å². The molecule has 1 aromatic carbocycles. The minimum atomic E-state index is -1.55. The van der Waals surface area contributed by atoms with Crippen molar-refractivity contribution in [2.75, 3.05) is 6.61 Å². The first kappa shape index (κ1) is 30.3. The highest BCUT2D eigenvalue weighted by atomic mass is 16.4. The molecule has 0 aliphatic rings. The Morgan fingerprint density at radius 2 is 1.66 bits per heavy atom. The fraction of sp³-hybridized carbons (Fsp3) is 0.480. The average molecular weight is 533 g/mol. The summed E-state index contributed by atoms with van der Waals surface area (Å²) in [6, 6.07) is 2.43. The molecule has 0 bridgehead atoms. The highest BCUT2D eigenvalue weighted by Crippen LogP contribution is 2.19. The molecule has 5 unspecified atom stereocenters. The molecule has 0 aliphatic heterocycles. The van der Waals surface area contributed by atoms with Gasteiger partial charge in [0.2, 0.25) is 23.6 Å². The van der Waals surface area contributed by atoms with Gasteiger partial charge in [-0.25, -0.2) is 4.79 Å². The number of hydrogen-bond donors (Lipinski definition) is 8. The molecule has 10 N–H and O–H groups in total. The number of H-pyrrole nitrogens is 1. The van der Waals surface area contributed by atoms with Crippen LogP contribution in [0.15, 0.2) is 30.5 Å². The number of nitrogens with two attached hydrogens (primary N) is 2. The first-order valence-electron chi connectivity index (χ1n) is 12.3. The number of aliphatic hydroxyl groups excluding tert-OH is 1. The zero-order chi connectivity index (χ0) is 28.4. The molecule has 0 saturated heterocycles. The summed E-state index contributed by atoms with van der Waals surface area (Å²) in [5.74, 6) is -4.61. The Labute approximate surface area is 219 Å². The van der Waals surface area contributed by atoms with Gasteiger partial charge in [-0.3, -0.25) is 19.2 Å². The minimum absolute atomic E-state index is 0.0156. The number of aromatic amines is 1. The summed E-state index contributed by atoms with van der Waals surface area (Å²) in [6.45, 7) is 2.66. The van der Waals surface area contributed by atoms with E-state index in [0.29, 0.717) is 6.42 Å². The number of carbonyl (C=O) groups is 5. The summed E-state index contributed by atoms with van der Waals surface area (Å²) in [5.41, 5.74) is 12.6. The van der Waals surface area contributed by atoms with E-state index in [9.17, 15) is 34.2 Å². The Kier molecular flexibility index (Phi) is 11.2. The number of aliphatic hydroxyl groups is 1. The van der Waals surface area contributed by atoms with Gasteiger partial charge in [-0.1, -0.05) is 38.5 Å². The highest BCUT2D eigenvalue weighted by Gasteiger charge is 2.33. The van der Waals surface area contributed by atoms with Gasteiger partial charge < -0.3 is 42.6 Å². The molecule has 2 rings (SSSR count). The van der Waals surface area contributed by atoms with E-state index in [4.69, 9.17) is 11.5 Å². The predicted octanol–water partition coefficient (Wildman–Crippen LogP) is -1.12. The van der Waals surface area contributed by atoms with Crippen molar-refractivity contribution in [2.45, 2.75) is 63.7 Å². The first-order chi connectivity index (χ1) is 18.0. The number of amides is 4. The molecule has 13 heteroatoms. The summed E-state index contributed by atoms with van der Waals surface area (Å²) in [4.78, 5) is 64.6. The van der Waals surface area contributed by atoms with Crippen molar-refractivity contribution in [3.8, 4) is 0 Å². The Morgan fingerprint density at radius 3 is 2.26 bits per heavy atom. The van der Waals surface area contributed by atoms with Crippen molar-refractivity contribution in [1.82, 2.24) is 20.9 Å². The maximum absolute atomic E-state index is 13.5. The normalized spacial score (nSPS) is 15.1. The van der Waals surface area contributed by atoms with Crippen molar-refractivity contribution in [1.29, 1.82) is 0 Å². The largest absolute Gasteiger partial charge is 0.480 e. The Balaban J connectivity index is 2.30. The van der Waals surface area contributed by atoms with E-state index in [1.54, 1.807) is 20.0 Å². The molecule has 0 saturated carbocycles. The third kappa shape index (κ3) is 8.28. The van der Waals surface area contributed by atoms with Crippen LogP contribution in [-0.2, 0) is 30.4 Å². The molecule has 0 radical (unpaired) electrons. The lowest BCUT2D eigenvalue weighted by atomic mass is 9.96. The molecule has 2 aromatic rings. The van der Waals surface area contributed by atoms with Gasteiger partial charge in [0.15, 0.2) is 0 Å². The fourth-order valence-electron chi connectivity index (χ4n) is 3.84. The van der Waals surface area contributed by atoms with Crippen molar-refractivity contribution in [3.63, 3.8) is 0 Å². The SMILES string of the molecule is CCC(C)C(NC(=O)C(Cc1c[nH]c2ccccc12)NC(=O)C(N)CCC(N)=O)C(=O)NC(CO)C(=O)O. The van der Waals surface area contributed by atoms with Crippen molar-refractivity contribution < 1.29 is 34.2 Å². The number of carboxylic acids is 1. The molecule has 5 atom stereocenters. The number of rotatable bonds is 15. The van der Waals surface area contributed by atoms with Crippen LogP contribution in [0.3, 0.4) is 0 Å². The molecule has 38 heavy (non-hydrogen) atoms. The first-order valence-corrected chi connectivity index (χ1v) is 12.3. The van der Waals surface area contributed by atoms with Gasteiger partial charge in [-0.15, -0.1) is 0 Å². The van der Waals surface area contributed by atoms with Crippen LogP contribution in [0.1, 0.15) is 38.7 Å². The molecule has 0 fully saturated rings. The van der Waals surface area contributed by atoms with E-state index in [2.05, 4.69) is 20.9 Å². The molecule has 208 valence electrons. The molecular formula is C25H36N6O7. The van der Waals surface area contributed by atoms with Crippen molar-refractivity contribution in [2.24, 2.45) is 17.4 Å². The number of primary amides is 1. The predicted molar refractivity (Wildman–Crippen MR) is 138 cm³/mol. The number of fused-ring (bicyclic) bond motifs is 1. The monoisotopic (exact) mass is 532 g/mol. The second-order valence-electron chi connectivity index (χ2n) is 9.19. The molecule has 1 heterocycles. The van der Waals surface area contributed by atoms with Gasteiger partial charge in [0, 0.05) is 29.9 Å². The fourth-order valence-corrected chi connectivity index (χ4v) is 3.84. The number of nitrogens with one attached hydrogen (secondary N) is 4. The smallest absolute Gasteiger partial charge is 0.328 e. The molecular weight excluding hydrogens is 496 g/mol. The lowest BCUT2D eigenvalue weighted by Gasteiger charge is -2.28. The quantitative estimate of drug-likeness (QED) is 0.140. The maximum Gasteiger partial charge on any atom is 0.328 e. The van der Waals surface area contributed by atoms with Crippen LogP contribution < -0.4 is 27.4 Å². The van der Waals surface area contributed by atoms with E-state index in [-0.39, 0.29) is 19.3 Å². The van der Waals surface area contributed by atoms with Crippen LogP contribution in [-0.4, -0.2) is 75.6 Å². The van der Waals surface area contributed by atoms with Gasteiger partial charge in [-0.05, 0) is 24.0 Å². The highest BCUT2D eigenvalue weighted by molar-refractivity contribution is 5.95. The lowest BCUT2D eigenvalue weighted by Crippen LogP contribution is -2.59. The molecule has 4 amide bonds. The number of aliphatic carboxylic acids is 1. The van der Waals surface area contributed by atoms with Crippen LogP contribution in [0.25, 0.3) is 10.9 Å². The van der Waals surface area contributed by atoms with Crippen LogP contribution in [0.4, 0.5) is 0 Å². The number of carbonyl (C=O) groups excluding carboxylic acids is 4. The summed E-state index contributed by atoms with van der Waals surface area (Å²) in [7, 11) is 0. The summed E-state index contributed by atoms with van der Waals surface area (Å²) in [6.07, 6.45) is 2.10. The molecule has 0 spiro atoms. The van der Waals surface area contributed by atoms with E-state index < -0.39 is 66.3 Å². The van der Waals surface area contributed by atoms with E-state index >= 15 is 0 Å². The number of aromatic nitrogens is 1. The van der Waals surface area contributed by atoms with Gasteiger partial charge in [0.05, 0.1) is 12.6 Å². The van der Waals surface area contributed by atoms with Gasteiger partial charge in [0.25, 0.3) is 0 Å². The van der Waals surface area contributed by atoms with Crippen molar-refractivity contribution in [3.05, 3.63) is 36.0 Å². The number of benzene rings is 1. The Hall–Kier alpha value is -3.97. The van der Waals surface area contributed by atoms with E-state index in [1.165, 1.54) is 0 Å². The third-order valence-corrected chi connectivity index (χ3v) is 6.36. The average Bonchev–Trinajstić information content (AvgIpc) is 3.30. The number of para-hydroxylation sites is 1. The molecule has 13 nitrogen and oxygen atoms in total. The van der Waals surface area contributed by atoms with Gasteiger partial charge in [0.1, 0.15) is 18.1 Å².